The van der Waals surface area contributed by atoms with Crippen LogP contribution in [-0.4, -0.2) is 36.1 Å². The van der Waals surface area contributed by atoms with Gasteiger partial charge in [-0.15, -0.1) is 0 Å². The van der Waals surface area contributed by atoms with Crippen LogP contribution in [0.3, 0.4) is 0 Å². The number of rotatable bonds is 7. The van der Waals surface area contributed by atoms with Gasteiger partial charge in [0.05, 0.1) is 0 Å². The molecule has 0 unspecified atom stereocenters. The minimum absolute atomic E-state index is 0.245. The highest BCUT2D eigenvalue weighted by atomic mass is 15.2. The van der Waals surface area contributed by atoms with Gasteiger partial charge < -0.3 is 10.2 Å². The summed E-state index contributed by atoms with van der Waals surface area (Å²) >= 11 is 0. The van der Waals surface area contributed by atoms with E-state index in [2.05, 4.69) is 44.8 Å². The van der Waals surface area contributed by atoms with Gasteiger partial charge in [-0.3, -0.25) is 0 Å². The van der Waals surface area contributed by atoms with Crippen molar-refractivity contribution >= 4 is 0 Å². The van der Waals surface area contributed by atoms with Crippen LogP contribution in [0.15, 0.2) is 0 Å². The molecule has 0 saturated heterocycles. The minimum Gasteiger partial charge on any atom is -0.311 e. The van der Waals surface area contributed by atoms with Crippen LogP contribution in [0.2, 0.25) is 0 Å². The fraction of sp³-hybridized carbons (Fsp3) is 1.00. The Labute approximate surface area is 126 Å². The summed E-state index contributed by atoms with van der Waals surface area (Å²) < 4.78 is 0. The molecule has 0 aromatic carbocycles. The van der Waals surface area contributed by atoms with E-state index in [4.69, 9.17) is 0 Å². The van der Waals surface area contributed by atoms with Gasteiger partial charge in [-0.1, -0.05) is 12.8 Å². The van der Waals surface area contributed by atoms with Crippen molar-refractivity contribution in [2.75, 3.05) is 19.6 Å². The zero-order valence-corrected chi connectivity index (χ0v) is 14.5. The normalized spacial score (nSPS) is 22.9. The number of hydrogen-bond donors (Lipinski definition) is 1. The van der Waals surface area contributed by atoms with Gasteiger partial charge in [0.1, 0.15) is 0 Å². The van der Waals surface area contributed by atoms with Crippen molar-refractivity contribution in [2.45, 2.75) is 84.7 Å². The summed E-state index contributed by atoms with van der Waals surface area (Å²) in [5, 5.41) is 3.79. The maximum atomic E-state index is 3.79. The topological polar surface area (TPSA) is 15.3 Å². The largest absolute Gasteiger partial charge is 0.311 e. The Balaban J connectivity index is 1.95. The van der Waals surface area contributed by atoms with Crippen molar-refractivity contribution in [1.29, 1.82) is 0 Å². The summed E-state index contributed by atoms with van der Waals surface area (Å²) in [7, 11) is 0. The van der Waals surface area contributed by atoms with Crippen LogP contribution in [0, 0.1) is 11.3 Å². The molecule has 2 fully saturated rings. The lowest BCUT2D eigenvalue weighted by Gasteiger charge is -2.39. The van der Waals surface area contributed by atoms with Gasteiger partial charge in [0.2, 0.25) is 0 Å². The summed E-state index contributed by atoms with van der Waals surface area (Å²) in [4.78, 5) is 2.77. The van der Waals surface area contributed by atoms with Crippen molar-refractivity contribution in [3.05, 3.63) is 0 Å². The molecule has 118 valence electrons. The Bertz CT molecular complexity index is 293. The van der Waals surface area contributed by atoms with Gasteiger partial charge in [-0.25, -0.2) is 0 Å². The van der Waals surface area contributed by atoms with Crippen molar-refractivity contribution in [3.63, 3.8) is 0 Å². The first-order valence-corrected chi connectivity index (χ1v) is 8.79. The maximum Gasteiger partial charge on any atom is 0.00967 e. The van der Waals surface area contributed by atoms with Crippen LogP contribution in [0.5, 0.6) is 0 Å². The molecule has 2 nitrogen and oxygen atoms in total. The van der Waals surface area contributed by atoms with Gasteiger partial charge in [-0.05, 0) is 71.6 Å². The van der Waals surface area contributed by atoms with E-state index in [-0.39, 0.29) is 5.54 Å². The second-order valence-corrected chi connectivity index (χ2v) is 8.78. The fourth-order valence-corrected chi connectivity index (χ4v) is 3.49. The monoisotopic (exact) mass is 280 g/mol. The quantitative estimate of drug-likeness (QED) is 0.756. The zero-order chi connectivity index (χ0) is 14.8. The molecule has 0 aliphatic heterocycles. The molecule has 2 aliphatic rings. The Morgan fingerprint density at radius 2 is 1.75 bits per heavy atom. The van der Waals surface area contributed by atoms with Crippen LogP contribution in [0.25, 0.3) is 0 Å². The summed E-state index contributed by atoms with van der Waals surface area (Å²) in [6.07, 6.45) is 8.64. The number of nitrogens with zero attached hydrogens (tertiary/aromatic N) is 1. The molecule has 20 heavy (non-hydrogen) atoms. The summed E-state index contributed by atoms with van der Waals surface area (Å²) in [5.74, 6) is 1.01. The van der Waals surface area contributed by atoms with E-state index in [1.165, 1.54) is 58.2 Å². The lowest BCUT2D eigenvalue weighted by Crippen LogP contribution is -2.49. The van der Waals surface area contributed by atoms with Crippen molar-refractivity contribution < 1.29 is 0 Å². The fourth-order valence-electron chi connectivity index (χ4n) is 3.49. The van der Waals surface area contributed by atoms with Crippen LogP contribution < -0.4 is 5.32 Å². The minimum atomic E-state index is 0.245. The molecule has 0 radical (unpaired) electrons. The Morgan fingerprint density at radius 3 is 2.20 bits per heavy atom. The van der Waals surface area contributed by atoms with E-state index in [0.717, 1.165) is 5.92 Å². The van der Waals surface area contributed by atoms with Gasteiger partial charge in [0, 0.05) is 31.2 Å². The second kappa shape index (κ2) is 6.36. The smallest absolute Gasteiger partial charge is 0.00967 e. The third-order valence-corrected chi connectivity index (χ3v) is 5.12. The highest BCUT2D eigenvalue weighted by molar-refractivity contribution is 4.93. The van der Waals surface area contributed by atoms with E-state index in [9.17, 15) is 0 Å². The van der Waals surface area contributed by atoms with E-state index in [0.29, 0.717) is 11.5 Å². The lowest BCUT2D eigenvalue weighted by molar-refractivity contribution is 0.111. The average molecular weight is 281 g/mol. The van der Waals surface area contributed by atoms with Crippen LogP contribution in [-0.2, 0) is 0 Å². The standard InChI is InChI=1S/C18H36N2/c1-15(2)20(12-16-8-9-16)14-18(10-6-7-11-18)13-19-17(3,4)5/h15-16,19H,6-14H2,1-5H3. The molecule has 0 bridgehead atoms. The average Bonchev–Trinajstić information content (AvgIpc) is 3.03. The molecule has 1 N–H and O–H groups in total. The van der Waals surface area contributed by atoms with Gasteiger partial charge >= 0.3 is 0 Å². The Morgan fingerprint density at radius 1 is 1.15 bits per heavy atom. The van der Waals surface area contributed by atoms with E-state index >= 15 is 0 Å². The molecule has 2 aliphatic carbocycles. The van der Waals surface area contributed by atoms with Crippen LogP contribution >= 0.6 is 0 Å². The van der Waals surface area contributed by atoms with Crippen molar-refractivity contribution in [3.8, 4) is 0 Å². The van der Waals surface area contributed by atoms with Crippen molar-refractivity contribution in [2.24, 2.45) is 11.3 Å². The summed E-state index contributed by atoms with van der Waals surface area (Å²) in [5.41, 5.74) is 0.779. The highest BCUT2D eigenvalue weighted by Crippen LogP contribution is 2.40. The molecular formula is C18H36N2. The van der Waals surface area contributed by atoms with Crippen LogP contribution in [0.4, 0.5) is 0 Å². The molecule has 2 heteroatoms. The molecule has 0 aromatic heterocycles. The summed E-state index contributed by atoms with van der Waals surface area (Å²) in [6, 6.07) is 0.697. The van der Waals surface area contributed by atoms with Gasteiger partial charge in [0.15, 0.2) is 0 Å². The number of nitrogens with one attached hydrogen (secondary N) is 1. The SMILES string of the molecule is CC(C)N(CC1CC1)CC1(CNC(C)(C)C)CCCC1. The van der Waals surface area contributed by atoms with Gasteiger partial charge in [0.25, 0.3) is 0 Å². The lowest BCUT2D eigenvalue weighted by atomic mass is 9.84. The van der Waals surface area contributed by atoms with Crippen LogP contribution in [0.1, 0.15) is 73.1 Å². The molecule has 2 saturated carbocycles. The van der Waals surface area contributed by atoms with Crippen molar-refractivity contribution in [1.82, 2.24) is 10.2 Å². The maximum absolute atomic E-state index is 3.79. The molecule has 0 amide bonds. The third-order valence-electron chi connectivity index (χ3n) is 5.12. The first-order chi connectivity index (χ1) is 9.30. The second-order valence-electron chi connectivity index (χ2n) is 8.78. The highest BCUT2D eigenvalue weighted by Gasteiger charge is 2.38. The Kier molecular flexibility index (Phi) is 5.18. The first kappa shape index (κ1) is 16.3. The predicted molar refractivity (Wildman–Crippen MR) is 88.1 cm³/mol. The first-order valence-electron chi connectivity index (χ1n) is 8.79. The molecule has 0 aromatic rings. The van der Waals surface area contributed by atoms with E-state index in [1.54, 1.807) is 0 Å². The predicted octanol–water partition coefficient (Wildman–Crippen LogP) is 4.06. The summed E-state index contributed by atoms with van der Waals surface area (Å²) in [6.45, 7) is 15.5. The molecule has 0 spiro atoms. The van der Waals surface area contributed by atoms with E-state index in [1.807, 2.05) is 0 Å². The molecule has 2 rings (SSSR count). The molecule has 0 atom stereocenters. The zero-order valence-electron chi connectivity index (χ0n) is 14.5. The molecular weight excluding hydrogens is 244 g/mol. The third kappa shape index (κ3) is 5.04. The Hall–Kier alpha value is -0.0800. The van der Waals surface area contributed by atoms with E-state index < -0.39 is 0 Å². The van der Waals surface area contributed by atoms with Gasteiger partial charge in [-0.2, -0.15) is 0 Å². The number of hydrogen-bond acceptors (Lipinski definition) is 2. The molecule has 0 heterocycles.